The van der Waals surface area contributed by atoms with E-state index in [1.165, 1.54) is 0 Å². The van der Waals surface area contributed by atoms with E-state index in [4.69, 9.17) is 9.47 Å². The molecule has 4 nitrogen and oxygen atoms in total. The normalized spacial score (nSPS) is 10.7. The molecule has 2 aromatic carbocycles. The summed E-state index contributed by atoms with van der Waals surface area (Å²) in [6, 6.07) is 12.0. The number of esters is 2. The van der Waals surface area contributed by atoms with Crippen LogP contribution in [0.15, 0.2) is 36.4 Å². The minimum atomic E-state index is -0.153. The maximum atomic E-state index is 11.6. The highest BCUT2D eigenvalue weighted by Crippen LogP contribution is 2.19. The zero-order chi connectivity index (χ0) is 18.8. The number of fused-ring (bicyclic) bond motifs is 1. The quantitative estimate of drug-likeness (QED) is 0.542. The standard InChI is InChI=1S/C22H28O4/c1-3-5-7-21(23)25-15-17-9-11-19-12-10-18(14-20(19)13-17)16-26-22(24)8-6-4-2/h9-14H,3-8,15-16H2,1-2H3. The van der Waals surface area contributed by atoms with Crippen LogP contribution in [0.5, 0.6) is 0 Å². The van der Waals surface area contributed by atoms with Gasteiger partial charge in [0.2, 0.25) is 0 Å². The number of hydrogen-bond acceptors (Lipinski definition) is 4. The van der Waals surface area contributed by atoms with Gasteiger partial charge in [-0.3, -0.25) is 9.59 Å². The fourth-order valence-corrected chi connectivity index (χ4v) is 2.64. The summed E-state index contributed by atoms with van der Waals surface area (Å²) in [4.78, 5) is 23.3. The highest BCUT2D eigenvalue weighted by Gasteiger charge is 2.06. The van der Waals surface area contributed by atoms with Gasteiger partial charge >= 0.3 is 11.9 Å². The van der Waals surface area contributed by atoms with Gasteiger partial charge in [0, 0.05) is 12.8 Å². The molecule has 26 heavy (non-hydrogen) atoms. The molecule has 2 rings (SSSR count). The summed E-state index contributed by atoms with van der Waals surface area (Å²) in [5.41, 5.74) is 1.92. The minimum Gasteiger partial charge on any atom is -0.461 e. The highest BCUT2D eigenvalue weighted by molar-refractivity contribution is 5.84. The van der Waals surface area contributed by atoms with Gasteiger partial charge in [0.05, 0.1) is 0 Å². The second kappa shape index (κ2) is 10.6. The maximum absolute atomic E-state index is 11.6. The first-order valence-corrected chi connectivity index (χ1v) is 9.45. The van der Waals surface area contributed by atoms with Crippen molar-refractivity contribution in [1.29, 1.82) is 0 Å². The van der Waals surface area contributed by atoms with Gasteiger partial charge in [-0.2, -0.15) is 0 Å². The molecule has 0 bridgehead atoms. The Labute approximate surface area is 155 Å². The number of carbonyl (C=O) groups is 2. The highest BCUT2D eigenvalue weighted by atomic mass is 16.5. The third kappa shape index (κ3) is 6.51. The summed E-state index contributed by atoms with van der Waals surface area (Å²) in [5.74, 6) is -0.306. The molecule has 140 valence electrons. The third-order valence-corrected chi connectivity index (χ3v) is 4.24. The number of unbranched alkanes of at least 4 members (excludes halogenated alkanes) is 2. The third-order valence-electron chi connectivity index (χ3n) is 4.24. The van der Waals surface area contributed by atoms with Crippen molar-refractivity contribution in [3.05, 3.63) is 47.5 Å². The van der Waals surface area contributed by atoms with E-state index in [2.05, 4.69) is 13.8 Å². The van der Waals surface area contributed by atoms with E-state index in [0.29, 0.717) is 12.8 Å². The second-order valence-corrected chi connectivity index (χ2v) is 6.54. The lowest BCUT2D eigenvalue weighted by molar-refractivity contribution is -0.146. The molecule has 0 heterocycles. The lowest BCUT2D eigenvalue weighted by Crippen LogP contribution is -2.04. The molecule has 0 saturated carbocycles. The Hall–Kier alpha value is -2.36. The SMILES string of the molecule is CCCCC(=O)OCc1ccc2ccc(COC(=O)CCCC)cc2c1. The Morgan fingerprint density at radius 3 is 1.62 bits per heavy atom. The van der Waals surface area contributed by atoms with Gasteiger partial charge in [-0.15, -0.1) is 0 Å². The van der Waals surface area contributed by atoms with Crippen molar-refractivity contribution < 1.29 is 19.1 Å². The molecule has 0 spiro atoms. The minimum absolute atomic E-state index is 0.153. The van der Waals surface area contributed by atoms with Crippen molar-refractivity contribution in [2.45, 2.75) is 65.6 Å². The first kappa shape index (κ1) is 20.0. The predicted molar refractivity (Wildman–Crippen MR) is 103 cm³/mol. The number of rotatable bonds is 10. The molecule has 0 N–H and O–H groups in total. The molecule has 0 aromatic heterocycles. The van der Waals surface area contributed by atoms with E-state index < -0.39 is 0 Å². The van der Waals surface area contributed by atoms with Crippen LogP contribution in [-0.2, 0) is 32.3 Å². The largest absolute Gasteiger partial charge is 0.461 e. The molecular formula is C22H28O4. The molecule has 2 aromatic rings. The van der Waals surface area contributed by atoms with Crippen LogP contribution < -0.4 is 0 Å². The van der Waals surface area contributed by atoms with Crippen molar-refractivity contribution >= 4 is 22.7 Å². The molecule has 0 aliphatic rings. The van der Waals surface area contributed by atoms with Crippen LogP contribution in [0.4, 0.5) is 0 Å². The van der Waals surface area contributed by atoms with E-state index in [1.807, 2.05) is 36.4 Å². The second-order valence-electron chi connectivity index (χ2n) is 6.54. The van der Waals surface area contributed by atoms with Gasteiger partial charge in [0.25, 0.3) is 0 Å². The van der Waals surface area contributed by atoms with E-state index >= 15 is 0 Å². The van der Waals surface area contributed by atoms with Crippen LogP contribution in [0.2, 0.25) is 0 Å². The zero-order valence-corrected chi connectivity index (χ0v) is 15.8. The molecule has 4 heteroatoms. The molecule has 0 amide bonds. The molecular weight excluding hydrogens is 328 g/mol. The Morgan fingerprint density at radius 1 is 0.731 bits per heavy atom. The van der Waals surface area contributed by atoms with Gasteiger partial charge in [-0.1, -0.05) is 51.0 Å². The molecule has 0 atom stereocenters. The summed E-state index contributed by atoms with van der Waals surface area (Å²) in [5, 5.41) is 2.15. The van der Waals surface area contributed by atoms with Crippen molar-refractivity contribution in [3.8, 4) is 0 Å². The monoisotopic (exact) mass is 356 g/mol. The van der Waals surface area contributed by atoms with Crippen LogP contribution >= 0.6 is 0 Å². The Balaban J connectivity index is 1.96. The first-order chi connectivity index (χ1) is 12.6. The van der Waals surface area contributed by atoms with Crippen molar-refractivity contribution in [2.75, 3.05) is 0 Å². The summed E-state index contributed by atoms with van der Waals surface area (Å²) in [6.07, 6.45) is 4.62. The molecule has 0 unspecified atom stereocenters. The van der Waals surface area contributed by atoms with Gasteiger partial charge in [0.15, 0.2) is 0 Å². The van der Waals surface area contributed by atoms with Crippen molar-refractivity contribution in [1.82, 2.24) is 0 Å². The number of benzene rings is 2. The summed E-state index contributed by atoms with van der Waals surface area (Å²) in [7, 11) is 0. The number of hydrogen-bond donors (Lipinski definition) is 0. The predicted octanol–water partition coefficient (Wildman–Crippen LogP) is 5.31. The van der Waals surface area contributed by atoms with Crippen molar-refractivity contribution in [2.24, 2.45) is 0 Å². The summed E-state index contributed by atoms with van der Waals surface area (Å²) >= 11 is 0. The Bertz CT molecular complexity index is 677. The van der Waals surface area contributed by atoms with E-state index in [9.17, 15) is 9.59 Å². The fourth-order valence-electron chi connectivity index (χ4n) is 2.64. The first-order valence-electron chi connectivity index (χ1n) is 9.45. The van der Waals surface area contributed by atoms with Crippen LogP contribution in [0.3, 0.4) is 0 Å². The van der Waals surface area contributed by atoms with Gasteiger partial charge in [0.1, 0.15) is 13.2 Å². The summed E-state index contributed by atoms with van der Waals surface area (Å²) in [6.45, 7) is 4.67. The van der Waals surface area contributed by atoms with Crippen LogP contribution in [0.1, 0.15) is 63.5 Å². The van der Waals surface area contributed by atoms with Crippen molar-refractivity contribution in [3.63, 3.8) is 0 Å². The van der Waals surface area contributed by atoms with E-state index in [0.717, 1.165) is 47.6 Å². The zero-order valence-electron chi connectivity index (χ0n) is 15.8. The van der Waals surface area contributed by atoms with Gasteiger partial charge < -0.3 is 9.47 Å². The molecule has 0 saturated heterocycles. The van der Waals surface area contributed by atoms with Crippen LogP contribution in [0.25, 0.3) is 10.8 Å². The maximum Gasteiger partial charge on any atom is 0.306 e. The summed E-state index contributed by atoms with van der Waals surface area (Å²) < 4.78 is 10.6. The molecule has 0 radical (unpaired) electrons. The Kier molecular flexibility index (Phi) is 8.13. The van der Waals surface area contributed by atoms with Crippen LogP contribution in [-0.4, -0.2) is 11.9 Å². The van der Waals surface area contributed by atoms with Crippen LogP contribution in [0, 0.1) is 0 Å². The Morgan fingerprint density at radius 2 is 1.19 bits per heavy atom. The average molecular weight is 356 g/mol. The smallest absolute Gasteiger partial charge is 0.306 e. The number of carbonyl (C=O) groups excluding carboxylic acids is 2. The topological polar surface area (TPSA) is 52.6 Å². The average Bonchev–Trinajstić information content (AvgIpc) is 2.67. The van der Waals surface area contributed by atoms with E-state index in [1.54, 1.807) is 0 Å². The lowest BCUT2D eigenvalue weighted by Gasteiger charge is -2.08. The van der Waals surface area contributed by atoms with Gasteiger partial charge in [-0.05, 0) is 46.9 Å². The van der Waals surface area contributed by atoms with E-state index in [-0.39, 0.29) is 25.2 Å². The van der Waals surface area contributed by atoms with Gasteiger partial charge in [-0.25, -0.2) is 0 Å². The number of ether oxygens (including phenoxy) is 2. The molecule has 0 fully saturated rings. The fraction of sp³-hybridized carbons (Fsp3) is 0.455. The molecule has 0 aliphatic carbocycles. The molecule has 0 aliphatic heterocycles. The lowest BCUT2D eigenvalue weighted by atomic mass is 10.0.